The van der Waals surface area contributed by atoms with Crippen molar-refractivity contribution in [2.24, 2.45) is 0 Å². The van der Waals surface area contributed by atoms with Crippen LogP contribution in [0.3, 0.4) is 0 Å². The predicted octanol–water partition coefficient (Wildman–Crippen LogP) is 4.16. The molecule has 6 heteroatoms. The van der Waals surface area contributed by atoms with E-state index in [1.54, 1.807) is 12.3 Å². The molecule has 3 heterocycles. The molecule has 0 N–H and O–H groups in total. The van der Waals surface area contributed by atoms with E-state index in [4.69, 9.17) is 0 Å². The number of anilines is 1. The van der Waals surface area contributed by atoms with Crippen molar-refractivity contribution >= 4 is 11.5 Å². The van der Waals surface area contributed by atoms with Gasteiger partial charge in [0, 0.05) is 37.5 Å². The topological polar surface area (TPSA) is 62.5 Å². The van der Waals surface area contributed by atoms with Crippen molar-refractivity contribution in [1.82, 2.24) is 9.88 Å². The Morgan fingerprint density at radius 3 is 2.50 bits per heavy atom. The van der Waals surface area contributed by atoms with Crippen molar-refractivity contribution in [1.29, 1.82) is 0 Å². The van der Waals surface area contributed by atoms with Crippen LogP contribution in [-0.2, 0) is 6.54 Å². The van der Waals surface area contributed by atoms with Crippen LogP contribution in [0.2, 0.25) is 0 Å². The summed E-state index contributed by atoms with van der Waals surface area (Å²) in [6, 6.07) is 11.7. The van der Waals surface area contributed by atoms with Crippen LogP contribution >= 0.6 is 0 Å². The molecule has 154 valence electrons. The number of hydrogen-bond acceptors (Lipinski definition) is 5. The fourth-order valence-electron chi connectivity index (χ4n) is 4.04. The van der Waals surface area contributed by atoms with Gasteiger partial charge in [0.2, 0.25) is 5.82 Å². The lowest BCUT2D eigenvalue weighted by atomic mass is 10.0. The number of likely N-dealkylation sites (tertiary alicyclic amines) is 1. The maximum absolute atomic E-state index is 11.2. The number of nitro groups is 1. The monoisotopic (exact) mass is 402 g/mol. The Bertz CT molecular complexity index is 972. The van der Waals surface area contributed by atoms with E-state index in [9.17, 15) is 10.1 Å². The third-order valence-corrected chi connectivity index (χ3v) is 5.72. The summed E-state index contributed by atoms with van der Waals surface area (Å²) in [6.45, 7) is 4.89. The van der Waals surface area contributed by atoms with Crippen molar-refractivity contribution in [2.75, 3.05) is 31.1 Å². The lowest BCUT2D eigenvalue weighted by Crippen LogP contribution is -2.31. The average molecular weight is 402 g/mol. The Balaban J connectivity index is 1.32. The van der Waals surface area contributed by atoms with Gasteiger partial charge in [0.25, 0.3) is 0 Å². The first kappa shape index (κ1) is 20.1. The molecule has 0 unspecified atom stereocenters. The Morgan fingerprint density at radius 2 is 1.80 bits per heavy atom. The predicted molar refractivity (Wildman–Crippen MR) is 118 cm³/mol. The molecule has 6 nitrogen and oxygen atoms in total. The highest BCUT2D eigenvalue weighted by atomic mass is 16.6. The summed E-state index contributed by atoms with van der Waals surface area (Å²) in [7, 11) is 0. The van der Waals surface area contributed by atoms with E-state index in [-0.39, 0.29) is 10.6 Å². The first-order chi connectivity index (χ1) is 14.7. The molecule has 30 heavy (non-hydrogen) atoms. The van der Waals surface area contributed by atoms with Crippen molar-refractivity contribution in [3.63, 3.8) is 0 Å². The van der Waals surface area contributed by atoms with Gasteiger partial charge in [0.05, 0.1) is 4.92 Å². The van der Waals surface area contributed by atoms with E-state index in [2.05, 4.69) is 46.0 Å². The van der Waals surface area contributed by atoms with Crippen LogP contribution in [0.4, 0.5) is 11.5 Å². The molecule has 0 atom stereocenters. The van der Waals surface area contributed by atoms with Gasteiger partial charge >= 0.3 is 5.69 Å². The van der Waals surface area contributed by atoms with Crippen LogP contribution in [0.15, 0.2) is 54.2 Å². The normalized spacial score (nSPS) is 16.8. The van der Waals surface area contributed by atoms with Crippen LogP contribution in [0, 0.1) is 22.0 Å². The van der Waals surface area contributed by atoms with Crippen LogP contribution in [-0.4, -0.2) is 41.0 Å². The van der Waals surface area contributed by atoms with Gasteiger partial charge in [-0.15, -0.1) is 0 Å². The summed E-state index contributed by atoms with van der Waals surface area (Å²) in [5.41, 5.74) is 3.72. The molecule has 2 aliphatic heterocycles. The standard InChI is InChI=1S/C24H26N4O2/c29-28(30)23-7-4-14-25-24(23)27-17-12-21(13-18-27)6-3-5-20-8-10-22(11-9-20)19-26-15-1-2-16-26/h4,6-11,14H,1-2,12-13,15-19H2. The molecule has 2 saturated heterocycles. The molecular weight excluding hydrogens is 376 g/mol. The smallest absolute Gasteiger partial charge is 0.311 e. The lowest BCUT2D eigenvalue weighted by Gasteiger charge is -2.28. The van der Waals surface area contributed by atoms with Gasteiger partial charge < -0.3 is 4.90 Å². The van der Waals surface area contributed by atoms with Crippen molar-refractivity contribution in [2.45, 2.75) is 32.2 Å². The molecule has 2 aromatic rings. The highest BCUT2D eigenvalue weighted by molar-refractivity contribution is 5.58. The second kappa shape index (κ2) is 9.55. The molecule has 4 rings (SSSR count). The number of piperidine rings is 1. The fourth-order valence-corrected chi connectivity index (χ4v) is 4.04. The lowest BCUT2D eigenvalue weighted by molar-refractivity contribution is -0.384. The van der Waals surface area contributed by atoms with Gasteiger partial charge in [-0.2, -0.15) is 0 Å². The Kier molecular flexibility index (Phi) is 6.41. The minimum atomic E-state index is -0.365. The van der Waals surface area contributed by atoms with E-state index in [0.717, 1.165) is 38.0 Å². The van der Waals surface area contributed by atoms with E-state index >= 15 is 0 Å². The molecule has 1 aromatic heterocycles. The Morgan fingerprint density at radius 1 is 1.07 bits per heavy atom. The molecule has 0 spiro atoms. The number of nitrogens with zero attached hydrogens (tertiary/aromatic N) is 4. The summed E-state index contributed by atoms with van der Waals surface area (Å²) in [4.78, 5) is 19.6. The van der Waals surface area contributed by atoms with E-state index in [0.29, 0.717) is 5.82 Å². The number of rotatable bonds is 4. The molecule has 0 amide bonds. The molecule has 0 radical (unpaired) electrons. The zero-order valence-electron chi connectivity index (χ0n) is 17.1. The first-order valence-electron chi connectivity index (χ1n) is 10.5. The third-order valence-electron chi connectivity index (χ3n) is 5.72. The minimum Gasteiger partial charge on any atom is -0.350 e. The summed E-state index contributed by atoms with van der Waals surface area (Å²) in [5, 5.41) is 11.2. The second-order valence-corrected chi connectivity index (χ2v) is 7.84. The summed E-state index contributed by atoms with van der Waals surface area (Å²) in [6.07, 6.45) is 7.93. The highest BCUT2D eigenvalue weighted by Crippen LogP contribution is 2.28. The van der Waals surface area contributed by atoms with E-state index in [1.165, 1.54) is 43.1 Å². The number of benzene rings is 1. The second-order valence-electron chi connectivity index (χ2n) is 7.84. The average Bonchev–Trinajstić information content (AvgIpc) is 3.28. The SMILES string of the molecule is O=[N+]([O-])c1cccnc1N1CCC(=CC#Cc2ccc(CN3CCCC3)cc2)CC1. The largest absolute Gasteiger partial charge is 0.350 e. The Labute approximate surface area is 177 Å². The number of pyridine rings is 1. The molecular formula is C24H26N4O2. The summed E-state index contributed by atoms with van der Waals surface area (Å²) in [5.74, 6) is 6.87. The number of hydrogen-bond donors (Lipinski definition) is 0. The van der Waals surface area contributed by atoms with Gasteiger partial charge in [-0.05, 0) is 68.6 Å². The van der Waals surface area contributed by atoms with Crippen molar-refractivity contribution in [3.05, 3.63) is 75.5 Å². The van der Waals surface area contributed by atoms with E-state index in [1.807, 2.05) is 11.0 Å². The molecule has 2 fully saturated rings. The van der Waals surface area contributed by atoms with Gasteiger partial charge in [-0.3, -0.25) is 15.0 Å². The maximum Gasteiger partial charge on any atom is 0.311 e. The van der Waals surface area contributed by atoms with Crippen LogP contribution in [0.1, 0.15) is 36.8 Å². The molecule has 1 aromatic carbocycles. The van der Waals surface area contributed by atoms with Crippen LogP contribution < -0.4 is 4.90 Å². The van der Waals surface area contributed by atoms with Gasteiger partial charge in [0.15, 0.2) is 0 Å². The fraction of sp³-hybridized carbons (Fsp3) is 0.375. The maximum atomic E-state index is 11.2. The molecule has 0 saturated carbocycles. The Hall–Kier alpha value is -3.17. The summed E-state index contributed by atoms with van der Waals surface area (Å²) < 4.78 is 0. The first-order valence-corrected chi connectivity index (χ1v) is 10.5. The molecule has 0 bridgehead atoms. The molecule has 0 aliphatic carbocycles. The minimum absolute atomic E-state index is 0.0675. The van der Waals surface area contributed by atoms with Gasteiger partial charge in [0.1, 0.15) is 0 Å². The third kappa shape index (κ3) is 5.05. The van der Waals surface area contributed by atoms with Gasteiger partial charge in [-0.1, -0.05) is 29.5 Å². The molecule has 2 aliphatic rings. The van der Waals surface area contributed by atoms with Crippen LogP contribution in [0.5, 0.6) is 0 Å². The van der Waals surface area contributed by atoms with E-state index < -0.39 is 0 Å². The quantitative estimate of drug-likeness (QED) is 0.436. The van der Waals surface area contributed by atoms with Gasteiger partial charge in [-0.25, -0.2) is 4.98 Å². The van der Waals surface area contributed by atoms with Crippen molar-refractivity contribution < 1.29 is 4.92 Å². The number of allylic oxidation sites excluding steroid dienone is 1. The highest BCUT2D eigenvalue weighted by Gasteiger charge is 2.23. The summed E-state index contributed by atoms with van der Waals surface area (Å²) >= 11 is 0. The zero-order valence-corrected chi connectivity index (χ0v) is 17.1. The number of aromatic nitrogens is 1. The van der Waals surface area contributed by atoms with Crippen LogP contribution in [0.25, 0.3) is 0 Å². The van der Waals surface area contributed by atoms with Crippen molar-refractivity contribution in [3.8, 4) is 11.8 Å². The zero-order chi connectivity index (χ0) is 20.8.